The van der Waals surface area contributed by atoms with E-state index >= 15 is 0 Å². The number of carbonyl (C=O) groups is 1. The van der Waals surface area contributed by atoms with E-state index < -0.39 is 0 Å². The van der Waals surface area contributed by atoms with Gasteiger partial charge in [-0.2, -0.15) is 5.10 Å². The number of aromatic nitrogens is 4. The monoisotopic (exact) mass is 433 g/mol. The largest absolute Gasteiger partial charge is 0.346 e. The minimum absolute atomic E-state index is 0.137. The van der Waals surface area contributed by atoms with Gasteiger partial charge in [0.05, 0.1) is 40.1 Å². The second kappa shape index (κ2) is 8.59. The molecule has 0 spiro atoms. The van der Waals surface area contributed by atoms with E-state index in [0.29, 0.717) is 18.0 Å². The van der Waals surface area contributed by atoms with Crippen molar-refractivity contribution in [3.8, 4) is 11.3 Å². The number of pyridine rings is 1. The summed E-state index contributed by atoms with van der Waals surface area (Å²) in [6.07, 6.45) is 1.73. The first-order valence-corrected chi connectivity index (χ1v) is 11.4. The quantitative estimate of drug-likeness (QED) is 0.436. The number of benzene rings is 1. The molecule has 1 amide bonds. The zero-order chi connectivity index (χ0) is 22.1. The van der Waals surface area contributed by atoms with Crippen molar-refractivity contribution in [2.75, 3.05) is 0 Å². The van der Waals surface area contributed by atoms with Crippen LogP contribution < -0.4 is 5.32 Å². The van der Waals surface area contributed by atoms with Crippen molar-refractivity contribution < 1.29 is 4.79 Å². The number of aryl methyl sites for hydroxylation is 1. The molecule has 4 aromatic rings. The number of fused-ring (bicyclic) bond motifs is 1. The van der Waals surface area contributed by atoms with Crippen LogP contribution in [-0.4, -0.2) is 25.7 Å². The summed E-state index contributed by atoms with van der Waals surface area (Å²) >= 11 is 1.63. The van der Waals surface area contributed by atoms with Gasteiger partial charge in [0.15, 0.2) is 5.65 Å². The summed E-state index contributed by atoms with van der Waals surface area (Å²) in [5.41, 5.74) is 5.07. The lowest BCUT2D eigenvalue weighted by molar-refractivity contribution is 0.0952. The molecule has 1 N–H and O–H groups in total. The third-order valence-corrected chi connectivity index (χ3v) is 6.41. The first-order valence-electron chi connectivity index (χ1n) is 10.5. The van der Waals surface area contributed by atoms with Crippen molar-refractivity contribution in [1.82, 2.24) is 25.1 Å². The van der Waals surface area contributed by atoms with E-state index in [1.165, 1.54) is 0 Å². The Kier molecular flexibility index (Phi) is 5.87. The van der Waals surface area contributed by atoms with Crippen LogP contribution in [0.3, 0.4) is 0 Å². The minimum atomic E-state index is -0.148. The van der Waals surface area contributed by atoms with Crippen LogP contribution in [0.25, 0.3) is 22.3 Å². The van der Waals surface area contributed by atoms with Gasteiger partial charge in [-0.15, -0.1) is 11.3 Å². The number of nitrogens with zero attached hydrogens (tertiary/aromatic N) is 4. The maximum absolute atomic E-state index is 13.2. The molecular weight excluding hydrogens is 406 g/mol. The molecule has 0 atom stereocenters. The Morgan fingerprint density at radius 3 is 2.61 bits per heavy atom. The van der Waals surface area contributed by atoms with E-state index in [-0.39, 0.29) is 11.9 Å². The molecular formula is C24H27N5OS. The van der Waals surface area contributed by atoms with Crippen molar-refractivity contribution in [1.29, 1.82) is 0 Å². The lowest BCUT2D eigenvalue weighted by Crippen LogP contribution is -2.23. The van der Waals surface area contributed by atoms with Crippen LogP contribution in [-0.2, 0) is 6.54 Å². The predicted octanol–water partition coefficient (Wildman–Crippen LogP) is 5.50. The third kappa shape index (κ3) is 4.23. The predicted molar refractivity (Wildman–Crippen MR) is 125 cm³/mol. The fourth-order valence-electron chi connectivity index (χ4n) is 3.52. The number of rotatable bonds is 6. The SMILES string of the molecule is Cc1ccccc1-c1cc(C(=O)NCc2csc(C(C)C)n2)c2cnn(C(C)C)c2n1. The number of amides is 1. The highest BCUT2D eigenvalue weighted by Gasteiger charge is 2.19. The molecule has 3 aromatic heterocycles. The lowest BCUT2D eigenvalue weighted by Gasteiger charge is -2.12. The molecule has 4 rings (SSSR count). The van der Waals surface area contributed by atoms with E-state index in [1.807, 2.05) is 34.3 Å². The van der Waals surface area contributed by atoms with Crippen LogP contribution in [0.5, 0.6) is 0 Å². The summed E-state index contributed by atoms with van der Waals surface area (Å²) < 4.78 is 1.86. The van der Waals surface area contributed by atoms with Gasteiger partial charge >= 0.3 is 0 Å². The highest BCUT2D eigenvalue weighted by molar-refractivity contribution is 7.09. The Bertz CT molecular complexity index is 1240. The Morgan fingerprint density at radius 1 is 1.16 bits per heavy atom. The summed E-state index contributed by atoms with van der Waals surface area (Å²) in [6.45, 7) is 10.8. The molecule has 31 heavy (non-hydrogen) atoms. The van der Waals surface area contributed by atoms with Gasteiger partial charge in [-0.05, 0) is 32.4 Å². The smallest absolute Gasteiger partial charge is 0.252 e. The van der Waals surface area contributed by atoms with E-state index in [9.17, 15) is 4.79 Å². The van der Waals surface area contributed by atoms with Crippen LogP contribution in [0.1, 0.15) is 66.3 Å². The molecule has 1 aromatic carbocycles. The molecule has 160 valence electrons. The van der Waals surface area contributed by atoms with Gasteiger partial charge in [0, 0.05) is 22.9 Å². The summed E-state index contributed by atoms with van der Waals surface area (Å²) in [7, 11) is 0. The average Bonchev–Trinajstić information content (AvgIpc) is 3.39. The first kappa shape index (κ1) is 21.2. The standard InChI is InChI=1S/C24H27N5OS/c1-14(2)24-27-17(13-31-24)11-25-23(30)19-10-21(18-9-7-6-8-16(18)5)28-22-20(19)12-26-29(22)15(3)4/h6-10,12-15H,11H2,1-5H3,(H,25,30). The van der Waals surface area contributed by atoms with Crippen LogP contribution >= 0.6 is 11.3 Å². The van der Waals surface area contributed by atoms with Gasteiger partial charge in [-0.25, -0.2) is 14.6 Å². The van der Waals surface area contributed by atoms with E-state index in [0.717, 1.165) is 38.6 Å². The Balaban J connectivity index is 1.73. The van der Waals surface area contributed by atoms with Crippen molar-refractivity contribution >= 4 is 28.3 Å². The van der Waals surface area contributed by atoms with Gasteiger partial charge in [-0.3, -0.25) is 4.79 Å². The van der Waals surface area contributed by atoms with Gasteiger partial charge in [0.2, 0.25) is 0 Å². The number of thiazole rings is 1. The first-order chi connectivity index (χ1) is 14.8. The number of hydrogen-bond acceptors (Lipinski definition) is 5. The molecule has 0 aliphatic heterocycles. The Hall–Kier alpha value is -3.06. The van der Waals surface area contributed by atoms with E-state index in [2.05, 4.69) is 56.1 Å². The summed E-state index contributed by atoms with van der Waals surface area (Å²) in [5, 5.41) is 11.4. The number of nitrogens with one attached hydrogen (secondary N) is 1. The van der Waals surface area contributed by atoms with Gasteiger partial charge < -0.3 is 5.32 Å². The Morgan fingerprint density at radius 2 is 1.94 bits per heavy atom. The molecule has 0 radical (unpaired) electrons. The zero-order valence-electron chi connectivity index (χ0n) is 18.5. The van der Waals surface area contributed by atoms with Crippen LogP contribution in [0.2, 0.25) is 0 Å². The highest BCUT2D eigenvalue weighted by atomic mass is 32.1. The second-order valence-electron chi connectivity index (χ2n) is 8.30. The fourth-order valence-corrected chi connectivity index (χ4v) is 4.35. The van der Waals surface area contributed by atoms with Crippen molar-refractivity contribution in [3.05, 3.63) is 63.7 Å². The molecule has 3 heterocycles. The lowest BCUT2D eigenvalue weighted by atomic mass is 10.0. The van der Waals surface area contributed by atoms with Crippen LogP contribution in [0.15, 0.2) is 41.9 Å². The van der Waals surface area contributed by atoms with E-state index in [4.69, 9.17) is 4.98 Å². The molecule has 0 unspecified atom stereocenters. The maximum Gasteiger partial charge on any atom is 0.252 e. The van der Waals surface area contributed by atoms with E-state index in [1.54, 1.807) is 17.5 Å². The molecule has 0 saturated heterocycles. The van der Waals surface area contributed by atoms with Gasteiger partial charge in [-0.1, -0.05) is 38.1 Å². The van der Waals surface area contributed by atoms with Crippen molar-refractivity contribution in [2.24, 2.45) is 0 Å². The number of hydrogen-bond donors (Lipinski definition) is 1. The Labute approximate surface area is 186 Å². The highest BCUT2D eigenvalue weighted by Crippen LogP contribution is 2.28. The number of carbonyl (C=O) groups excluding carboxylic acids is 1. The zero-order valence-corrected chi connectivity index (χ0v) is 19.3. The average molecular weight is 434 g/mol. The molecule has 0 saturated carbocycles. The molecule has 0 bridgehead atoms. The molecule has 0 fully saturated rings. The summed E-state index contributed by atoms with van der Waals surface area (Å²) in [5.74, 6) is 0.234. The molecule has 0 aliphatic rings. The summed E-state index contributed by atoms with van der Waals surface area (Å²) in [6, 6.07) is 10.1. The minimum Gasteiger partial charge on any atom is -0.346 e. The molecule has 7 heteroatoms. The van der Waals surface area contributed by atoms with Gasteiger partial charge in [0.25, 0.3) is 5.91 Å². The van der Waals surface area contributed by atoms with Crippen molar-refractivity contribution in [3.63, 3.8) is 0 Å². The second-order valence-corrected chi connectivity index (χ2v) is 9.19. The van der Waals surface area contributed by atoms with Crippen LogP contribution in [0.4, 0.5) is 0 Å². The fraction of sp³-hybridized carbons (Fsp3) is 0.333. The molecule has 0 aliphatic carbocycles. The van der Waals surface area contributed by atoms with Crippen LogP contribution in [0, 0.1) is 6.92 Å². The maximum atomic E-state index is 13.2. The van der Waals surface area contributed by atoms with Crippen molar-refractivity contribution in [2.45, 2.75) is 53.1 Å². The summed E-state index contributed by atoms with van der Waals surface area (Å²) in [4.78, 5) is 22.7. The topological polar surface area (TPSA) is 72.7 Å². The molecule has 6 nitrogen and oxygen atoms in total. The normalized spacial score (nSPS) is 11.6. The third-order valence-electron chi connectivity index (χ3n) is 5.21. The van der Waals surface area contributed by atoms with Gasteiger partial charge in [0.1, 0.15) is 0 Å².